The van der Waals surface area contributed by atoms with E-state index in [9.17, 15) is 0 Å². The molecule has 5 nitrogen and oxygen atoms in total. The van der Waals surface area contributed by atoms with Crippen LogP contribution in [-0.4, -0.2) is 24.9 Å². The van der Waals surface area contributed by atoms with Crippen molar-refractivity contribution >= 4 is 44.4 Å². The minimum atomic E-state index is 0.424. The van der Waals surface area contributed by atoms with Crippen LogP contribution in [0, 0.1) is 0 Å². The molecule has 0 saturated carbocycles. The molecule has 0 radical (unpaired) electrons. The van der Waals surface area contributed by atoms with Gasteiger partial charge in [-0.05, 0) is 35.0 Å². The van der Waals surface area contributed by atoms with Crippen molar-refractivity contribution < 1.29 is 0 Å². The van der Waals surface area contributed by atoms with E-state index in [0.29, 0.717) is 5.15 Å². The summed E-state index contributed by atoms with van der Waals surface area (Å²) in [6.07, 6.45) is 6.71. The molecule has 27 heavy (non-hydrogen) atoms. The Kier molecular flexibility index (Phi) is 4.12. The lowest BCUT2D eigenvalue weighted by molar-refractivity contribution is 1.17. The van der Waals surface area contributed by atoms with Gasteiger partial charge in [0.1, 0.15) is 22.2 Å². The van der Waals surface area contributed by atoms with E-state index in [1.807, 2.05) is 24.3 Å². The molecule has 130 valence electrons. The van der Waals surface area contributed by atoms with Crippen LogP contribution in [0.2, 0.25) is 5.15 Å². The van der Waals surface area contributed by atoms with Crippen LogP contribution in [0.25, 0.3) is 42.6 Å². The number of hydrogen-bond donors (Lipinski definition) is 0. The van der Waals surface area contributed by atoms with Crippen molar-refractivity contribution in [1.29, 1.82) is 0 Å². The van der Waals surface area contributed by atoms with Gasteiger partial charge in [-0.15, -0.1) is 22.7 Å². The first-order chi connectivity index (χ1) is 13.3. The molecule has 5 rings (SSSR count). The average molecular weight is 408 g/mol. The van der Waals surface area contributed by atoms with Crippen LogP contribution in [0.3, 0.4) is 0 Å². The molecule has 0 aliphatic heterocycles. The highest BCUT2D eigenvalue weighted by Gasteiger charge is 2.18. The third kappa shape index (κ3) is 2.99. The number of nitrogens with zero attached hydrogens (tertiary/aromatic N) is 5. The summed E-state index contributed by atoms with van der Waals surface area (Å²) in [5, 5.41) is 4.36. The Balaban J connectivity index is 1.69. The third-order valence-electron chi connectivity index (χ3n) is 3.97. The van der Waals surface area contributed by atoms with Gasteiger partial charge in [-0.2, -0.15) is 0 Å². The predicted molar refractivity (Wildman–Crippen MR) is 110 cm³/mol. The zero-order valence-electron chi connectivity index (χ0n) is 13.7. The molecule has 5 aromatic heterocycles. The molecule has 0 amide bonds. The highest BCUT2D eigenvalue weighted by Crippen LogP contribution is 2.40. The SMILES string of the molecule is Clc1nc(-c2cncnc2)sc1-c1cc2ccsc2c(-c2ccccn2)n1. The first kappa shape index (κ1) is 16.4. The highest BCUT2D eigenvalue weighted by molar-refractivity contribution is 7.19. The zero-order chi connectivity index (χ0) is 18.2. The third-order valence-corrected chi connectivity index (χ3v) is 6.42. The molecule has 0 aliphatic carbocycles. The number of rotatable bonds is 3. The average Bonchev–Trinajstić information content (AvgIpc) is 3.35. The summed E-state index contributed by atoms with van der Waals surface area (Å²) < 4.78 is 1.11. The molecule has 0 saturated heterocycles. The van der Waals surface area contributed by atoms with E-state index >= 15 is 0 Å². The molecule has 0 atom stereocenters. The van der Waals surface area contributed by atoms with E-state index < -0.39 is 0 Å². The number of aromatic nitrogens is 5. The normalized spacial score (nSPS) is 11.1. The zero-order valence-corrected chi connectivity index (χ0v) is 16.1. The fourth-order valence-electron chi connectivity index (χ4n) is 2.76. The lowest BCUT2D eigenvalue weighted by Crippen LogP contribution is -1.90. The smallest absolute Gasteiger partial charge is 0.150 e. The molecular weight excluding hydrogens is 398 g/mol. The monoisotopic (exact) mass is 407 g/mol. The summed E-state index contributed by atoms with van der Waals surface area (Å²) in [5.74, 6) is 0. The maximum Gasteiger partial charge on any atom is 0.150 e. The van der Waals surface area contributed by atoms with Gasteiger partial charge in [0.25, 0.3) is 0 Å². The summed E-state index contributed by atoms with van der Waals surface area (Å²) in [7, 11) is 0. The van der Waals surface area contributed by atoms with Crippen molar-refractivity contribution in [2.75, 3.05) is 0 Å². The molecule has 0 N–H and O–H groups in total. The lowest BCUT2D eigenvalue weighted by Gasteiger charge is -2.05. The summed E-state index contributed by atoms with van der Waals surface area (Å²) >= 11 is 9.59. The van der Waals surface area contributed by atoms with Crippen molar-refractivity contribution in [3.8, 4) is 32.5 Å². The van der Waals surface area contributed by atoms with Gasteiger partial charge in [-0.3, -0.25) is 4.98 Å². The Morgan fingerprint density at radius 3 is 2.67 bits per heavy atom. The molecule has 0 aromatic carbocycles. The van der Waals surface area contributed by atoms with Gasteiger partial charge < -0.3 is 0 Å². The highest BCUT2D eigenvalue weighted by atomic mass is 35.5. The van der Waals surface area contributed by atoms with E-state index in [1.54, 1.807) is 29.9 Å². The van der Waals surface area contributed by atoms with Crippen LogP contribution in [0.5, 0.6) is 0 Å². The largest absolute Gasteiger partial charge is 0.255 e. The number of pyridine rings is 2. The molecule has 5 heterocycles. The summed E-state index contributed by atoms with van der Waals surface area (Å²) in [4.78, 5) is 22.8. The van der Waals surface area contributed by atoms with Crippen LogP contribution in [0.1, 0.15) is 0 Å². The van der Waals surface area contributed by atoms with E-state index in [2.05, 4.69) is 31.4 Å². The Morgan fingerprint density at radius 1 is 0.963 bits per heavy atom. The number of fused-ring (bicyclic) bond motifs is 1. The minimum absolute atomic E-state index is 0.424. The van der Waals surface area contributed by atoms with Crippen LogP contribution < -0.4 is 0 Å². The number of halogens is 1. The van der Waals surface area contributed by atoms with Gasteiger partial charge in [-0.25, -0.2) is 19.9 Å². The van der Waals surface area contributed by atoms with E-state index in [4.69, 9.17) is 16.6 Å². The molecular formula is C19H10ClN5S2. The number of thiophene rings is 1. The molecule has 0 aliphatic rings. The lowest BCUT2D eigenvalue weighted by atomic mass is 10.1. The quantitative estimate of drug-likeness (QED) is 0.390. The molecule has 0 fully saturated rings. The molecule has 0 bridgehead atoms. The first-order valence-corrected chi connectivity index (χ1v) is 10.1. The summed E-state index contributed by atoms with van der Waals surface area (Å²) in [5.41, 5.74) is 3.31. The van der Waals surface area contributed by atoms with Gasteiger partial charge in [-0.1, -0.05) is 17.7 Å². The minimum Gasteiger partial charge on any atom is -0.255 e. The predicted octanol–water partition coefficient (Wildman–Crippen LogP) is 5.59. The Labute approximate surface area is 167 Å². The van der Waals surface area contributed by atoms with Crippen molar-refractivity contribution in [2.45, 2.75) is 0 Å². The van der Waals surface area contributed by atoms with Gasteiger partial charge in [0.05, 0.1) is 21.0 Å². The van der Waals surface area contributed by atoms with E-state index in [0.717, 1.165) is 42.6 Å². The van der Waals surface area contributed by atoms with Crippen LogP contribution >= 0.6 is 34.3 Å². The first-order valence-electron chi connectivity index (χ1n) is 8.01. The second kappa shape index (κ2) is 6.77. The topological polar surface area (TPSA) is 64.5 Å². The van der Waals surface area contributed by atoms with Gasteiger partial charge in [0.15, 0.2) is 0 Å². The second-order valence-electron chi connectivity index (χ2n) is 5.68. The van der Waals surface area contributed by atoms with Crippen molar-refractivity contribution in [2.24, 2.45) is 0 Å². The Bertz CT molecular complexity index is 1240. The fourth-order valence-corrected chi connectivity index (χ4v) is 4.88. The molecule has 0 spiro atoms. The fraction of sp³-hybridized carbons (Fsp3) is 0. The van der Waals surface area contributed by atoms with Crippen molar-refractivity contribution in [3.63, 3.8) is 0 Å². The Morgan fingerprint density at radius 2 is 1.85 bits per heavy atom. The maximum absolute atomic E-state index is 6.46. The van der Waals surface area contributed by atoms with E-state index in [-0.39, 0.29) is 0 Å². The summed E-state index contributed by atoms with van der Waals surface area (Å²) in [6, 6.07) is 9.95. The standard InChI is InChI=1S/C19H10ClN5S2/c20-18-17(27-19(25-18)12-8-21-10-22-9-12)14-7-11-4-6-26-16(11)15(24-14)13-3-1-2-5-23-13/h1-10H. The Hall–Kier alpha value is -2.74. The second-order valence-corrected chi connectivity index (χ2v) is 7.95. The van der Waals surface area contributed by atoms with Crippen LogP contribution in [0.4, 0.5) is 0 Å². The number of hydrogen-bond acceptors (Lipinski definition) is 7. The van der Waals surface area contributed by atoms with Crippen LogP contribution in [0.15, 0.2) is 60.6 Å². The molecule has 5 aromatic rings. The maximum atomic E-state index is 6.46. The van der Waals surface area contributed by atoms with Gasteiger partial charge in [0, 0.05) is 24.2 Å². The van der Waals surface area contributed by atoms with E-state index in [1.165, 1.54) is 17.7 Å². The van der Waals surface area contributed by atoms with Gasteiger partial charge in [0.2, 0.25) is 0 Å². The van der Waals surface area contributed by atoms with Crippen molar-refractivity contribution in [1.82, 2.24) is 24.9 Å². The van der Waals surface area contributed by atoms with Gasteiger partial charge >= 0.3 is 0 Å². The van der Waals surface area contributed by atoms with Crippen LogP contribution in [-0.2, 0) is 0 Å². The number of thiazole rings is 1. The van der Waals surface area contributed by atoms with Crippen molar-refractivity contribution in [3.05, 3.63) is 65.8 Å². The molecule has 8 heteroatoms. The summed E-state index contributed by atoms with van der Waals surface area (Å²) in [6.45, 7) is 0. The molecule has 0 unspecified atom stereocenters.